The lowest BCUT2D eigenvalue weighted by Crippen LogP contribution is -2.48. The molecule has 3 aromatic carbocycles. The van der Waals surface area contributed by atoms with Crippen molar-refractivity contribution in [2.75, 3.05) is 36.4 Å². The Hall–Kier alpha value is -3.27. The van der Waals surface area contributed by atoms with E-state index in [4.69, 9.17) is 0 Å². The Morgan fingerprint density at radius 1 is 0.704 bits per heavy atom. The first-order chi connectivity index (χ1) is 13.3. The minimum absolute atomic E-state index is 0.0849. The second-order valence-corrected chi connectivity index (χ2v) is 6.65. The Morgan fingerprint density at radius 3 is 2.00 bits per heavy atom. The number of hydrogen-bond acceptors (Lipinski definition) is 3. The number of amides is 1. The fourth-order valence-corrected chi connectivity index (χ4v) is 3.43. The Labute approximate surface area is 160 Å². The fraction of sp³-hybridized carbons (Fsp3) is 0.174. The SMILES string of the molecule is O=C(c1ccccc1Nc1ccccc1)N1CCN(c2ccccc2)CC1. The predicted molar refractivity (Wildman–Crippen MR) is 111 cm³/mol. The van der Waals surface area contributed by atoms with Crippen LogP contribution in [0.5, 0.6) is 0 Å². The van der Waals surface area contributed by atoms with Crippen molar-refractivity contribution in [3.63, 3.8) is 0 Å². The first-order valence-electron chi connectivity index (χ1n) is 9.31. The van der Waals surface area contributed by atoms with Gasteiger partial charge in [-0.2, -0.15) is 0 Å². The number of carbonyl (C=O) groups is 1. The van der Waals surface area contributed by atoms with E-state index in [9.17, 15) is 4.79 Å². The van der Waals surface area contributed by atoms with Crippen LogP contribution in [0.15, 0.2) is 84.9 Å². The van der Waals surface area contributed by atoms with Crippen LogP contribution >= 0.6 is 0 Å². The molecule has 3 aromatic rings. The van der Waals surface area contributed by atoms with Gasteiger partial charge in [0.1, 0.15) is 0 Å². The molecule has 1 saturated heterocycles. The zero-order valence-electron chi connectivity index (χ0n) is 15.2. The molecule has 0 saturated carbocycles. The van der Waals surface area contributed by atoms with Crippen molar-refractivity contribution in [3.05, 3.63) is 90.5 Å². The molecule has 0 radical (unpaired) electrons. The third kappa shape index (κ3) is 3.95. The second kappa shape index (κ2) is 7.96. The molecule has 4 heteroatoms. The van der Waals surface area contributed by atoms with E-state index >= 15 is 0 Å². The van der Waals surface area contributed by atoms with Crippen LogP contribution < -0.4 is 10.2 Å². The molecule has 0 aromatic heterocycles. The van der Waals surface area contributed by atoms with Gasteiger partial charge in [0.15, 0.2) is 0 Å². The zero-order chi connectivity index (χ0) is 18.5. The fourth-order valence-electron chi connectivity index (χ4n) is 3.43. The molecule has 1 N–H and O–H groups in total. The smallest absolute Gasteiger partial charge is 0.256 e. The number of piperazine rings is 1. The van der Waals surface area contributed by atoms with Gasteiger partial charge in [0.05, 0.1) is 11.3 Å². The summed E-state index contributed by atoms with van der Waals surface area (Å²) in [6.07, 6.45) is 0. The van der Waals surface area contributed by atoms with Crippen LogP contribution in [0.25, 0.3) is 0 Å². The highest BCUT2D eigenvalue weighted by Crippen LogP contribution is 2.23. The van der Waals surface area contributed by atoms with Crippen molar-refractivity contribution in [1.82, 2.24) is 4.90 Å². The maximum Gasteiger partial charge on any atom is 0.256 e. The summed E-state index contributed by atoms with van der Waals surface area (Å²) >= 11 is 0. The monoisotopic (exact) mass is 357 g/mol. The predicted octanol–water partition coefficient (Wildman–Crippen LogP) is 4.39. The van der Waals surface area contributed by atoms with E-state index in [1.54, 1.807) is 0 Å². The summed E-state index contributed by atoms with van der Waals surface area (Å²) < 4.78 is 0. The van der Waals surface area contributed by atoms with E-state index in [1.807, 2.05) is 65.6 Å². The number of hydrogen-bond donors (Lipinski definition) is 1. The molecule has 1 fully saturated rings. The van der Waals surface area contributed by atoms with Crippen molar-refractivity contribution in [2.24, 2.45) is 0 Å². The minimum atomic E-state index is 0.0849. The van der Waals surface area contributed by atoms with Gasteiger partial charge >= 0.3 is 0 Å². The lowest BCUT2D eigenvalue weighted by Gasteiger charge is -2.36. The molecule has 1 heterocycles. The van der Waals surface area contributed by atoms with Crippen molar-refractivity contribution < 1.29 is 4.79 Å². The van der Waals surface area contributed by atoms with Gasteiger partial charge in [0.25, 0.3) is 5.91 Å². The molecule has 0 atom stereocenters. The number of carbonyl (C=O) groups excluding carboxylic acids is 1. The molecular weight excluding hydrogens is 334 g/mol. The summed E-state index contributed by atoms with van der Waals surface area (Å²) in [6.45, 7) is 3.16. The number of benzene rings is 3. The number of nitrogens with zero attached hydrogens (tertiary/aromatic N) is 2. The van der Waals surface area contributed by atoms with Gasteiger partial charge in [-0.1, -0.05) is 48.5 Å². The Morgan fingerprint density at radius 2 is 1.30 bits per heavy atom. The number of para-hydroxylation sites is 3. The number of rotatable bonds is 4. The molecule has 1 amide bonds. The molecule has 1 aliphatic heterocycles. The third-order valence-electron chi connectivity index (χ3n) is 4.90. The molecule has 4 rings (SSSR count). The molecule has 0 bridgehead atoms. The first-order valence-corrected chi connectivity index (χ1v) is 9.31. The van der Waals surface area contributed by atoms with Gasteiger partial charge in [0, 0.05) is 37.6 Å². The van der Waals surface area contributed by atoms with E-state index in [2.05, 4.69) is 34.5 Å². The van der Waals surface area contributed by atoms with Crippen molar-refractivity contribution >= 4 is 23.0 Å². The number of nitrogens with one attached hydrogen (secondary N) is 1. The average molecular weight is 357 g/mol. The molecule has 0 spiro atoms. The van der Waals surface area contributed by atoms with Gasteiger partial charge in [0.2, 0.25) is 0 Å². The maximum absolute atomic E-state index is 13.1. The van der Waals surface area contributed by atoms with E-state index in [1.165, 1.54) is 5.69 Å². The summed E-state index contributed by atoms with van der Waals surface area (Å²) in [4.78, 5) is 17.4. The van der Waals surface area contributed by atoms with Crippen LogP contribution in [-0.2, 0) is 0 Å². The van der Waals surface area contributed by atoms with Crippen LogP contribution in [-0.4, -0.2) is 37.0 Å². The summed E-state index contributed by atoms with van der Waals surface area (Å²) in [5.41, 5.74) is 3.76. The summed E-state index contributed by atoms with van der Waals surface area (Å²) in [5, 5.41) is 3.37. The van der Waals surface area contributed by atoms with Crippen LogP contribution in [0, 0.1) is 0 Å². The van der Waals surface area contributed by atoms with Gasteiger partial charge in [-0.05, 0) is 36.4 Å². The van der Waals surface area contributed by atoms with E-state index in [0.29, 0.717) is 0 Å². The van der Waals surface area contributed by atoms with Gasteiger partial charge in [-0.15, -0.1) is 0 Å². The highest BCUT2D eigenvalue weighted by Gasteiger charge is 2.23. The van der Waals surface area contributed by atoms with E-state index in [-0.39, 0.29) is 5.91 Å². The van der Waals surface area contributed by atoms with Gasteiger partial charge in [-0.25, -0.2) is 0 Å². The molecule has 27 heavy (non-hydrogen) atoms. The molecule has 136 valence electrons. The lowest BCUT2D eigenvalue weighted by atomic mass is 10.1. The molecule has 1 aliphatic rings. The lowest BCUT2D eigenvalue weighted by molar-refractivity contribution is 0.0748. The topological polar surface area (TPSA) is 35.6 Å². The normalized spacial score (nSPS) is 14.1. The molecule has 0 aliphatic carbocycles. The standard InChI is InChI=1S/C23H23N3O/c27-23(26-17-15-25(16-18-26)20-11-5-2-6-12-20)21-13-7-8-14-22(21)24-19-9-3-1-4-10-19/h1-14,24H,15-18H2. The van der Waals surface area contributed by atoms with Crippen LogP contribution in [0.2, 0.25) is 0 Å². The van der Waals surface area contributed by atoms with E-state index < -0.39 is 0 Å². The second-order valence-electron chi connectivity index (χ2n) is 6.65. The minimum Gasteiger partial charge on any atom is -0.368 e. The highest BCUT2D eigenvalue weighted by atomic mass is 16.2. The maximum atomic E-state index is 13.1. The largest absolute Gasteiger partial charge is 0.368 e. The van der Waals surface area contributed by atoms with Gasteiger partial charge < -0.3 is 15.1 Å². The summed E-state index contributed by atoms with van der Waals surface area (Å²) in [7, 11) is 0. The van der Waals surface area contributed by atoms with Crippen molar-refractivity contribution in [1.29, 1.82) is 0 Å². The van der Waals surface area contributed by atoms with E-state index in [0.717, 1.165) is 43.1 Å². The molecular formula is C23H23N3O. The van der Waals surface area contributed by atoms with Gasteiger partial charge in [-0.3, -0.25) is 4.79 Å². The highest BCUT2D eigenvalue weighted by molar-refractivity contribution is 6.00. The summed E-state index contributed by atoms with van der Waals surface area (Å²) in [6, 6.07) is 28.1. The van der Waals surface area contributed by atoms with Crippen molar-refractivity contribution in [3.8, 4) is 0 Å². The van der Waals surface area contributed by atoms with Crippen LogP contribution in [0.4, 0.5) is 17.1 Å². The Kier molecular flexibility index (Phi) is 5.06. The Balaban J connectivity index is 1.46. The molecule has 4 nitrogen and oxygen atoms in total. The van der Waals surface area contributed by atoms with Crippen LogP contribution in [0.3, 0.4) is 0 Å². The number of anilines is 3. The average Bonchev–Trinajstić information content (AvgIpc) is 2.75. The Bertz CT molecular complexity index is 888. The first kappa shape index (κ1) is 17.2. The van der Waals surface area contributed by atoms with Crippen molar-refractivity contribution in [2.45, 2.75) is 0 Å². The summed E-state index contributed by atoms with van der Waals surface area (Å²) in [5.74, 6) is 0.0849. The quantitative estimate of drug-likeness (QED) is 0.752. The molecule has 0 unspecified atom stereocenters. The zero-order valence-corrected chi connectivity index (χ0v) is 15.2. The van der Waals surface area contributed by atoms with Crippen LogP contribution in [0.1, 0.15) is 10.4 Å². The third-order valence-corrected chi connectivity index (χ3v) is 4.90.